The number of benzene rings is 1. The van der Waals surface area contributed by atoms with E-state index in [1.807, 2.05) is 38.1 Å². The summed E-state index contributed by atoms with van der Waals surface area (Å²) < 4.78 is 5.63. The van der Waals surface area contributed by atoms with Crippen LogP contribution in [0.1, 0.15) is 25.0 Å². The van der Waals surface area contributed by atoms with Crippen LogP contribution >= 0.6 is 0 Å². The van der Waals surface area contributed by atoms with E-state index in [0.717, 1.165) is 17.5 Å². The summed E-state index contributed by atoms with van der Waals surface area (Å²) in [5.74, 6) is 1.12. The Labute approximate surface area is 118 Å². The zero-order valence-corrected chi connectivity index (χ0v) is 11.9. The first kappa shape index (κ1) is 14.1. The lowest BCUT2D eigenvalue weighted by Crippen LogP contribution is -2.30. The van der Waals surface area contributed by atoms with Gasteiger partial charge in [0.05, 0.1) is 6.20 Å². The molecule has 0 fully saturated rings. The molecule has 2 aromatic rings. The molecule has 2 N–H and O–H groups in total. The van der Waals surface area contributed by atoms with Gasteiger partial charge in [0.25, 0.3) is 5.91 Å². The highest BCUT2D eigenvalue weighted by Gasteiger charge is 2.16. The van der Waals surface area contributed by atoms with Gasteiger partial charge in [0.15, 0.2) is 6.10 Å². The number of nitrogens with one attached hydrogen (secondary N) is 2. The Bertz CT molecular complexity index is 592. The Hall–Kier alpha value is -2.30. The molecule has 0 saturated carbocycles. The van der Waals surface area contributed by atoms with Crippen LogP contribution in [0.2, 0.25) is 0 Å². The first-order chi connectivity index (χ1) is 9.60. The number of rotatable bonds is 5. The molecule has 106 valence electrons. The third-order valence-corrected chi connectivity index (χ3v) is 3.02. The zero-order chi connectivity index (χ0) is 14.5. The van der Waals surface area contributed by atoms with Gasteiger partial charge in [-0.2, -0.15) is 5.10 Å². The largest absolute Gasteiger partial charge is 0.481 e. The molecule has 5 heteroatoms. The Morgan fingerprint density at radius 3 is 3.00 bits per heavy atom. The number of aromatic amines is 1. The van der Waals surface area contributed by atoms with E-state index in [-0.39, 0.29) is 5.91 Å². The number of carbonyl (C=O) groups excluding carboxylic acids is 1. The number of hydrogen-bond donors (Lipinski definition) is 2. The van der Waals surface area contributed by atoms with Crippen molar-refractivity contribution in [1.82, 2.24) is 10.2 Å². The zero-order valence-electron chi connectivity index (χ0n) is 11.9. The highest BCUT2D eigenvalue weighted by atomic mass is 16.5. The van der Waals surface area contributed by atoms with Crippen LogP contribution in [0, 0.1) is 6.92 Å². The standard InChI is InChI=1S/C15H19N3O2/c1-4-12-9-16-18-14(12)17-15(19)11(3)20-13-7-5-6-10(2)8-13/h5-9,11H,4H2,1-3H3,(H2,16,17,18,19). The van der Waals surface area contributed by atoms with Crippen LogP contribution in [0.15, 0.2) is 30.5 Å². The van der Waals surface area contributed by atoms with Gasteiger partial charge in [0, 0.05) is 5.56 Å². The van der Waals surface area contributed by atoms with E-state index >= 15 is 0 Å². The molecule has 1 atom stereocenters. The Morgan fingerprint density at radius 1 is 1.50 bits per heavy atom. The van der Waals surface area contributed by atoms with Crippen molar-refractivity contribution in [3.8, 4) is 5.75 Å². The number of carbonyl (C=O) groups is 1. The Kier molecular flexibility index (Phi) is 4.40. The quantitative estimate of drug-likeness (QED) is 0.880. The molecule has 0 aliphatic rings. The SMILES string of the molecule is CCc1cn[nH]c1NC(=O)C(C)Oc1cccc(C)c1. The van der Waals surface area contributed by atoms with Gasteiger partial charge in [0.2, 0.25) is 0 Å². The number of ether oxygens (including phenoxy) is 1. The maximum atomic E-state index is 12.1. The minimum atomic E-state index is -0.579. The van der Waals surface area contributed by atoms with Crippen molar-refractivity contribution in [2.24, 2.45) is 0 Å². The fourth-order valence-electron chi connectivity index (χ4n) is 1.86. The van der Waals surface area contributed by atoms with Gasteiger partial charge in [-0.15, -0.1) is 0 Å². The van der Waals surface area contributed by atoms with Crippen molar-refractivity contribution in [2.75, 3.05) is 5.32 Å². The number of nitrogens with zero attached hydrogens (tertiary/aromatic N) is 1. The van der Waals surface area contributed by atoms with Crippen molar-refractivity contribution < 1.29 is 9.53 Å². The molecule has 1 aromatic carbocycles. The number of H-pyrrole nitrogens is 1. The average molecular weight is 273 g/mol. The van der Waals surface area contributed by atoms with Crippen LogP contribution in [-0.4, -0.2) is 22.2 Å². The number of aryl methyl sites for hydroxylation is 2. The maximum absolute atomic E-state index is 12.1. The van der Waals surface area contributed by atoms with Gasteiger partial charge in [-0.1, -0.05) is 19.1 Å². The predicted molar refractivity (Wildman–Crippen MR) is 77.9 cm³/mol. The summed E-state index contributed by atoms with van der Waals surface area (Å²) in [6.07, 6.45) is 1.94. The molecular formula is C15H19N3O2. The van der Waals surface area contributed by atoms with Crippen LogP contribution in [0.3, 0.4) is 0 Å². The van der Waals surface area contributed by atoms with Gasteiger partial charge in [0.1, 0.15) is 11.6 Å². The summed E-state index contributed by atoms with van der Waals surface area (Å²) in [6, 6.07) is 7.62. The molecule has 0 radical (unpaired) electrons. The second-order valence-corrected chi connectivity index (χ2v) is 4.69. The Balaban J connectivity index is 1.99. The molecule has 0 bridgehead atoms. The third kappa shape index (κ3) is 3.38. The minimum Gasteiger partial charge on any atom is -0.481 e. The number of hydrogen-bond acceptors (Lipinski definition) is 3. The van der Waals surface area contributed by atoms with Crippen LogP contribution in [-0.2, 0) is 11.2 Å². The fourth-order valence-corrected chi connectivity index (χ4v) is 1.86. The maximum Gasteiger partial charge on any atom is 0.266 e. The fraction of sp³-hybridized carbons (Fsp3) is 0.333. The number of amides is 1. The van der Waals surface area contributed by atoms with Crippen LogP contribution in [0.25, 0.3) is 0 Å². The lowest BCUT2D eigenvalue weighted by atomic mass is 10.2. The molecule has 1 unspecified atom stereocenters. The van der Waals surface area contributed by atoms with E-state index in [4.69, 9.17) is 4.74 Å². The topological polar surface area (TPSA) is 67.0 Å². The minimum absolute atomic E-state index is 0.203. The molecule has 2 rings (SSSR count). The molecule has 0 saturated heterocycles. The first-order valence-electron chi connectivity index (χ1n) is 6.66. The normalized spacial score (nSPS) is 11.9. The summed E-state index contributed by atoms with van der Waals surface area (Å²) in [6.45, 7) is 5.71. The third-order valence-electron chi connectivity index (χ3n) is 3.02. The van der Waals surface area contributed by atoms with Crippen molar-refractivity contribution >= 4 is 11.7 Å². The first-order valence-corrected chi connectivity index (χ1v) is 6.66. The molecule has 20 heavy (non-hydrogen) atoms. The molecule has 5 nitrogen and oxygen atoms in total. The van der Waals surface area contributed by atoms with Crippen LogP contribution < -0.4 is 10.1 Å². The smallest absolute Gasteiger partial charge is 0.266 e. The lowest BCUT2D eigenvalue weighted by Gasteiger charge is -2.14. The van der Waals surface area contributed by atoms with E-state index in [2.05, 4.69) is 15.5 Å². The molecule has 1 heterocycles. The van der Waals surface area contributed by atoms with Gasteiger partial charge in [-0.3, -0.25) is 9.89 Å². The van der Waals surface area contributed by atoms with Gasteiger partial charge in [-0.05, 0) is 38.0 Å². The van der Waals surface area contributed by atoms with E-state index in [0.29, 0.717) is 11.6 Å². The molecule has 0 spiro atoms. The summed E-state index contributed by atoms with van der Waals surface area (Å²) in [5, 5.41) is 9.49. The van der Waals surface area contributed by atoms with Gasteiger partial charge in [-0.25, -0.2) is 0 Å². The molecule has 1 aromatic heterocycles. The van der Waals surface area contributed by atoms with E-state index in [1.54, 1.807) is 13.1 Å². The summed E-state index contributed by atoms with van der Waals surface area (Å²) in [7, 11) is 0. The summed E-state index contributed by atoms with van der Waals surface area (Å²) in [5.41, 5.74) is 2.07. The monoisotopic (exact) mass is 273 g/mol. The average Bonchev–Trinajstić information content (AvgIpc) is 2.85. The number of anilines is 1. The van der Waals surface area contributed by atoms with Gasteiger partial charge >= 0.3 is 0 Å². The number of aromatic nitrogens is 2. The van der Waals surface area contributed by atoms with Crippen molar-refractivity contribution in [2.45, 2.75) is 33.3 Å². The second-order valence-electron chi connectivity index (χ2n) is 4.69. The lowest BCUT2D eigenvalue weighted by molar-refractivity contribution is -0.122. The Morgan fingerprint density at radius 2 is 2.30 bits per heavy atom. The molecular weight excluding hydrogens is 254 g/mol. The molecule has 0 aliphatic heterocycles. The highest BCUT2D eigenvalue weighted by molar-refractivity contribution is 5.93. The van der Waals surface area contributed by atoms with E-state index in [1.165, 1.54) is 0 Å². The van der Waals surface area contributed by atoms with Gasteiger partial charge < -0.3 is 10.1 Å². The van der Waals surface area contributed by atoms with E-state index in [9.17, 15) is 4.79 Å². The second kappa shape index (κ2) is 6.23. The summed E-state index contributed by atoms with van der Waals surface area (Å²) >= 11 is 0. The highest BCUT2D eigenvalue weighted by Crippen LogP contribution is 2.16. The van der Waals surface area contributed by atoms with Crippen molar-refractivity contribution in [3.63, 3.8) is 0 Å². The van der Waals surface area contributed by atoms with E-state index < -0.39 is 6.10 Å². The molecule has 1 amide bonds. The van der Waals surface area contributed by atoms with Crippen LogP contribution in [0.4, 0.5) is 5.82 Å². The predicted octanol–water partition coefficient (Wildman–Crippen LogP) is 2.69. The molecule has 0 aliphatic carbocycles. The van der Waals surface area contributed by atoms with Crippen molar-refractivity contribution in [3.05, 3.63) is 41.6 Å². The van der Waals surface area contributed by atoms with Crippen molar-refractivity contribution in [1.29, 1.82) is 0 Å². The van der Waals surface area contributed by atoms with Crippen LogP contribution in [0.5, 0.6) is 5.75 Å². The summed E-state index contributed by atoms with van der Waals surface area (Å²) in [4.78, 5) is 12.1.